The number of halogens is 1. The molecule has 2 fully saturated rings. The third-order valence-corrected chi connectivity index (χ3v) is 7.58. The van der Waals surface area contributed by atoms with Crippen LogP contribution in [0.25, 0.3) is 16.6 Å². The molecule has 42 heavy (non-hydrogen) atoms. The Kier molecular flexibility index (Phi) is 6.42. The highest BCUT2D eigenvalue weighted by Crippen LogP contribution is 2.47. The summed E-state index contributed by atoms with van der Waals surface area (Å²) in [6.07, 6.45) is 8.39. The maximum absolute atomic E-state index is 15.2. The van der Waals surface area contributed by atoms with E-state index in [-0.39, 0.29) is 29.4 Å². The molecular formula is C29H27FN8O4. The van der Waals surface area contributed by atoms with E-state index in [1.54, 1.807) is 54.6 Å². The van der Waals surface area contributed by atoms with Crippen LogP contribution < -0.4 is 29.6 Å². The van der Waals surface area contributed by atoms with Gasteiger partial charge in [-0.05, 0) is 31.0 Å². The molecule has 7 rings (SSSR count). The van der Waals surface area contributed by atoms with Gasteiger partial charge in [-0.25, -0.2) is 29.0 Å². The molecule has 1 saturated heterocycles. The van der Waals surface area contributed by atoms with Crippen LogP contribution in [0.1, 0.15) is 12.8 Å². The lowest BCUT2D eigenvalue weighted by molar-refractivity contribution is -0.0502. The van der Waals surface area contributed by atoms with Crippen molar-refractivity contribution >= 4 is 22.4 Å². The molecule has 0 atom stereocenters. The minimum atomic E-state index is -0.527. The molecule has 5 aromatic rings. The second kappa shape index (κ2) is 10.4. The molecule has 214 valence electrons. The van der Waals surface area contributed by atoms with Crippen LogP contribution in [0.3, 0.4) is 0 Å². The Labute approximate surface area is 239 Å². The predicted molar refractivity (Wildman–Crippen MR) is 151 cm³/mol. The number of ether oxygens (including phenoxy) is 4. The highest BCUT2D eigenvalue weighted by Gasteiger charge is 2.49. The normalized spacial score (nSPS) is 15.6. The second-order valence-corrected chi connectivity index (χ2v) is 10.4. The number of rotatable bonds is 9. The SMILES string of the molecule is COc1ncc(-n2ccc(Oc3ccc(Nc4ncnc5cc(OC)c(OC6CC7(CNC7)C6)cc45)c(F)c3)n2)cn1. The minimum Gasteiger partial charge on any atom is -0.493 e. The average Bonchev–Trinajstić information content (AvgIpc) is 3.43. The second-order valence-electron chi connectivity index (χ2n) is 10.4. The average molecular weight is 571 g/mol. The number of hydrogen-bond donors (Lipinski definition) is 2. The number of methoxy groups -OCH3 is 2. The van der Waals surface area contributed by atoms with E-state index in [0.29, 0.717) is 39.3 Å². The summed E-state index contributed by atoms with van der Waals surface area (Å²) in [6, 6.07) is 10.1. The standard InChI is InChI=1S/C29H27FN8O4/c1-39-24-9-23-20(8-25(24)41-19-10-29(11-19)14-31-15-29)27(35-16-34-23)36-22-4-3-18(7-21(22)30)42-26-5-6-38(37-26)17-12-32-28(40-2)33-13-17/h3-9,12-13,16,19,31H,10-11,14-15H2,1-2H3,(H,34,35,36). The molecule has 13 heteroatoms. The van der Waals surface area contributed by atoms with Gasteiger partial charge in [-0.15, -0.1) is 5.10 Å². The first-order valence-electron chi connectivity index (χ1n) is 13.4. The van der Waals surface area contributed by atoms with Crippen molar-refractivity contribution in [3.8, 4) is 34.8 Å². The number of aromatic nitrogens is 6. The first-order chi connectivity index (χ1) is 20.5. The topological polar surface area (TPSA) is 130 Å². The predicted octanol–water partition coefficient (Wildman–Crippen LogP) is 4.43. The molecule has 1 spiro atoms. The van der Waals surface area contributed by atoms with Gasteiger partial charge in [0, 0.05) is 48.3 Å². The Morgan fingerprint density at radius 1 is 0.976 bits per heavy atom. The summed E-state index contributed by atoms with van der Waals surface area (Å²) < 4.78 is 39.4. The number of benzene rings is 2. The largest absolute Gasteiger partial charge is 0.493 e. The Hall–Kier alpha value is -5.04. The van der Waals surface area contributed by atoms with Crippen molar-refractivity contribution in [1.82, 2.24) is 35.0 Å². The highest BCUT2D eigenvalue weighted by atomic mass is 19.1. The van der Waals surface area contributed by atoms with Crippen molar-refractivity contribution in [2.45, 2.75) is 18.9 Å². The van der Waals surface area contributed by atoms with Gasteiger partial charge in [0.2, 0.25) is 5.88 Å². The molecule has 0 bridgehead atoms. The Balaban J connectivity index is 1.08. The summed E-state index contributed by atoms with van der Waals surface area (Å²) >= 11 is 0. The van der Waals surface area contributed by atoms with Crippen molar-refractivity contribution in [3.05, 3.63) is 67.1 Å². The van der Waals surface area contributed by atoms with Crippen LogP contribution in [0, 0.1) is 11.2 Å². The van der Waals surface area contributed by atoms with Gasteiger partial charge in [-0.1, -0.05) is 0 Å². The van der Waals surface area contributed by atoms with Crippen molar-refractivity contribution in [1.29, 1.82) is 0 Å². The van der Waals surface area contributed by atoms with E-state index in [4.69, 9.17) is 18.9 Å². The monoisotopic (exact) mass is 570 g/mol. The van der Waals surface area contributed by atoms with Crippen molar-refractivity contribution in [3.63, 3.8) is 0 Å². The maximum Gasteiger partial charge on any atom is 0.316 e. The molecule has 1 aliphatic carbocycles. The van der Waals surface area contributed by atoms with Gasteiger partial charge in [-0.3, -0.25) is 0 Å². The van der Waals surface area contributed by atoms with Crippen LogP contribution >= 0.6 is 0 Å². The van der Waals surface area contributed by atoms with Gasteiger partial charge in [0.1, 0.15) is 35.5 Å². The molecule has 2 N–H and O–H groups in total. The zero-order valence-corrected chi connectivity index (χ0v) is 22.9. The fraction of sp³-hybridized carbons (Fsp3) is 0.276. The van der Waals surface area contributed by atoms with Crippen LogP contribution in [0.5, 0.6) is 29.1 Å². The van der Waals surface area contributed by atoms with E-state index < -0.39 is 5.82 Å². The van der Waals surface area contributed by atoms with Gasteiger partial charge in [0.25, 0.3) is 0 Å². The number of anilines is 2. The van der Waals surface area contributed by atoms with Crippen molar-refractivity contribution < 1.29 is 23.3 Å². The highest BCUT2D eigenvalue weighted by molar-refractivity contribution is 5.93. The van der Waals surface area contributed by atoms with Gasteiger partial charge in [0.05, 0.1) is 37.8 Å². The fourth-order valence-electron chi connectivity index (χ4n) is 5.30. The summed E-state index contributed by atoms with van der Waals surface area (Å²) in [7, 11) is 3.09. The molecule has 0 unspecified atom stereocenters. The molecule has 2 aromatic carbocycles. The number of hydrogen-bond acceptors (Lipinski definition) is 11. The molecule has 12 nitrogen and oxygen atoms in total. The van der Waals surface area contributed by atoms with Crippen molar-refractivity contribution in [2.75, 3.05) is 32.6 Å². The van der Waals surface area contributed by atoms with Gasteiger partial charge >= 0.3 is 6.01 Å². The quantitative estimate of drug-likeness (QED) is 0.261. The third kappa shape index (κ3) is 4.87. The summed E-state index contributed by atoms with van der Waals surface area (Å²) in [5.41, 5.74) is 1.86. The molecule has 4 heterocycles. The lowest BCUT2D eigenvalue weighted by Gasteiger charge is -2.53. The van der Waals surface area contributed by atoms with E-state index in [0.717, 1.165) is 25.9 Å². The smallest absolute Gasteiger partial charge is 0.316 e. The van der Waals surface area contributed by atoms with E-state index in [9.17, 15) is 0 Å². The summed E-state index contributed by atoms with van der Waals surface area (Å²) in [5, 5.41) is 11.5. The van der Waals surface area contributed by atoms with Gasteiger partial charge in [0.15, 0.2) is 11.5 Å². The van der Waals surface area contributed by atoms with Crippen LogP contribution in [-0.2, 0) is 0 Å². The molecule has 0 amide bonds. The molecule has 0 radical (unpaired) electrons. The van der Waals surface area contributed by atoms with E-state index in [1.165, 1.54) is 19.5 Å². The number of nitrogens with one attached hydrogen (secondary N) is 2. The molecule has 1 aliphatic heterocycles. The minimum absolute atomic E-state index is 0.125. The Morgan fingerprint density at radius 2 is 1.81 bits per heavy atom. The van der Waals surface area contributed by atoms with Crippen molar-refractivity contribution in [2.24, 2.45) is 5.41 Å². The van der Waals surface area contributed by atoms with Crippen LogP contribution in [-0.4, -0.2) is 63.1 Å². The summed E-state index contributed by atoms with van der Waals surface area (Å²) in [4.78, 5) is 16.9. The fourth-order valence-corrected chi connectivity index (χ4v) is 5.30. The zero-order chi connectivity index (χ0) is 28.7. The lowest BCUT2D eigenvalue weighted by Crippen LogP contribution is -2.62. The van der Waals surface area contributed by atoms with Gasteiger partial charge < -0.3 is 29.6 Å². The molecule has 1 saturated carbocycles. The van der Waals surface area contributed by atoms with E-state index >= 15 is 4.39 Å². The van der Waals surface area contributed by atoms with Crippen LogP contribution in [0.4, 0.5) is 15.9 Å². The Bertz CT molecular complexity index is 1750. The third-order valence-electron chi connectivity index (χ3n) is 7.58. The zero-order valence-electron chi connectivity index (χ0n) is 22.9. The lowest BCUT2D eigenvalue weighted by atomic mass is 9.63. The van der Waals surface area contributed by atoms with Crippen LogP contribution in [0.15, 0.2) is 61.3 Å². The number of fused-ring (bicyclic) bond motifs is 1. The molecule has 2 aliphatic rings. The number of nitrogens with zero attached hydrogens (tertiary/aromatic N) is 6. The van der Waals surface area contributed by atoms with Gasteiger partial charge in [-0.2, -0.15) is 0 Å². The summed E-state index contributed by atoms with van der Waals surface area (Å²) in [6.45, 7) is 2.09. The molecule has 3 aromatic heterocycles. The first kappa shape index (κ1) is 25.9. The van der Waals surface area contributed by atoms with Crippen LogP contribution in [0.2, 0.25) is 0 Å². The van der Waals surface area contributed by atoms with E-state index in [1.807, 2.05) is 6.07 Å². The first-order valence-corrected chi connectivity index (χ1v) is 13.4. The Morgan fingerprint density at radius 3 is 2.52 bits per heavy atom. The molecular weight excluding hydrogens is 543 g/mol. The summed E-state index contributed by atoms with van der Waals surface area (Å²) in [5.74, 6) is 1.67. The maximum atomic E-state index is 15.2. The van der Waals surface area contributed by atoms with E-state index in [2.05, 4.69) is 35.7 Å².